The molecule has 0 radical (unpaired) electrons. The lowest BCUT2D eigenvalue weighted by molar-refractivity contribution is -0.138. The number of benzene rings is 4. The summed E-state index contributed by atoms with van der Waals surface area (Å²) in [5, 5.41) is 17.9. The zero-order valence-corrected chi connectivity index (χ0v) is 15.4. The Morgan fingerprint density at radius 3 is 2.31 bits per heavy atom. The maximum atomic E-state index is 12.4. The highest BCUT2D eigenvalue weighted by Crippen LogP contribution is 2.29. The van der Waals surface area contributed by atoms with Crippen molar-refractivity contribution in [2.24, 2.45) is 5.92 Å². The fourth-order valence-electron chi connectivity index (χ4n) is 4.54. The average molecular weight is 376 g/mol. The molecule has 2 aliphatic carbocycles. The molecule has 0 amide bonds. The van der Waals surface area contributed by atoms with Crippen LogP contribution in [-0.4, -0.2) is 11.0 Å². The van der Waals surface area contributed by atoms with E-state index in [0.29, 0.717) is 5.75 Å². The average Bonchev–Trinajstić information content (AvgIpc) is 2.75. The Hall–Kier alpha value is -3.69. The number of rotatable bonds is 1. The first-order chi connectivity index (χ1) is 14.2. The number of fused-ring (bicyclic) bond motifs is 6. The molecule has 3 heteroatoms. The van der Waals surface area contributed by atoms with E-state index in [0.717, 1.165) is 37.6 Å². The Kier molecular flexibility index (Phi) is 3.31. The van der Waals surface area contributed by atoms with E-state index in [-0.39, 0.29) is 11.7 Å². The number of hydrogen-bond acceptors (Lipinski definition) is 3. The third kappa shape index (κ3) is 2.38. The van der Waals surface area contributed by atoms with Crippen LogP contribution in [0.15, 0.2) is 78.4 Å². The summed E-state index contributed by atoms with van der Waals surface area (Å²) >= 11 is 0. The van der Waals surface area contributed by atoms with Gasteiger partial charge in [0.1, 0.15) is 0 Å². The van der Waals surface area contributed by atoms with Gasteiger partial charge in [-0.2, -0.15) is 0 Å². The van der Waals surface area contributed by atoms with Crippen molar-refractivity contribution >= 4 is 50.3 Å². The Balaban J connectivity index is 1.76. The molecule has 6 rings (SSSR count). The van der Waals surface area contributed by atoms with Crippen molar-refractivity contribution in [2.45, 2.75) is 0 Å². The second-order valence-electron chi connectivity index (χ2n) is 7.63. The van der Waals surface area contributed by atoms with Gasteiger partial charge >= 0.3 is 0 Å². The van der Waals surface area contributed by atoms with Crippen molar-refractivity contribution in [3.63, 3.8) is 0 Å². The summed E-state index contributed by atoms with van der Waals surface area (Å²) in [4.78, 5) is 17.2. The van der Waals surface area contributed by atoms with Gasteiger partial charge in [0.2, 0.25) is 0 Å². The van der Waals surface area contributed by atoms with Crippen LogP contribution in [0.5, 0.6) is 5.75 Å². The first kappa shape index (κ1) is 16.3. The van der Waals surface area contributed by atoms with Crippen LogP contribution in [0, 0.1) is 5.92 Å². The van der Waals surface area contributed by atoms with Crippen LogP contribution in [-0.2, 0) is 4.79 Å². The van der Waals surface area contributed by atoms with Gasteiger partial charge in [-0.3, -0.25) is 4.79 Å². The van der Waals surface area contributed by atoms with Crippen LogP contribution in [0.1, 0.15) is 0 Å². The van der Waals surface area contributed by atoms with Gasteiger partial charge in [0.25, 0.3) is 0 Å². The second-order valence-corrected chi connectivity index (χ2v) is 7.63. The monoisotopic (exact) mass is 376 g/mol. The molecule has 1 N–H and O–H groups in total. The Bertz CT molecular complexity index is 1550. The summed E-state index contributed by atoms with van der Waals surface area (Å²) in [6.45, 7) is 0. The van der Waals surface area contributed by atoms with Crippen molar-refractivity contribution in [1.29, 1.82) is 0 Å². The number of carbonyl (C=O) groups excluding carboxylic acids is 1. The van der Waals surface area contributed by atoms with Gasteiger partial charge in [-0.15, -0.1) is 0 Å². The van der Waals surface area contributed by atoms with Gasteiger partial charge in [0.15, 0.2) is 11.5 Å². The van der Waals surface area contributed by atoms with E-state index in [1.165, 1.54) is 10.8 Å². The van der Waals surface area contributed by atoms with Gasteiger partial charge < -0.3 is 4.89 Å². The Morgan fingerprint density at radius 2 is 1.55 bits per heavy atom. The highest BCUT2D eigenvalue weighted by atomic mass is 17.1. The summed E-state index contributed by atoms with van der Waals surface area (Å²) < 4.78 is 0. The summed E-state index contributed by atoms with van der Waals surface area (Å²) in [7, 11) is 0. The van der Waals surface area contributed by atoms with E-state index in [2.05, 4.69) is 36.4 Å². The molecule has 2 aliphatic rings. The van der Waals surface area contributed by atoms with Crippen molar-refractivity contribution in [2.75, 3.05) is 0 Å². The van der Waals surface area contributed by atoms with Crippen LogP contribution in [0.2, 0.25) is 0 Å². The molecule has 1 unspecified atom stereocenters. The summed E-state index contributed by atoms with van der Waals surface area (Å²) in [6, 6.07) is 18.8. The third-order valence-electron chi connectivity index (χ3n) is 5.96. The quantitative estimate of drug-likeness (QED) is 0.307. The lowest BCUT2D eigenvalue weighted by atomic mass is 9.84. The predicted molar refractivity (Wildman–Crippen MR) is 116 cm³/mol. The number of allylic oxidation sites excluding steroid dienone is 4. The van der Waals surface area contributed by atoms with Crippen LogP contribution in [0.4, 0.5) is 0 Å². The highest BCUT2D eigenvalue weighted by Gasteiger charge is 2.23. The van der Waals surface area contributed by atoms with Crippen LogP contribution in [0.25, 0.3) is 44.5 Å². The fourth-order valence-corrected chi connectivity index (χ4v) is 4.54. The molecule has 29 heavy (non-hydrogen) atoms. The molecule has 0 spiro atoms. The topological polar surface area (TPSA) is 46.5 Å². The van der Waals surface area contributed by atoms with Crippen molar-refractivity contribution in [3.8, 4) is 5.75 Å². The largest absolute Gasteiger partial charge is 0.340 e. The molecule has 0 saturated carbocycles. The van der Waals surface area contributed by atoms with Crippen molar-refractivity contribution in [3.05, 3.63) is 88.8 Å². The summed E-state index contributed by atoms with van der Waals surface area (Å²) in [5.41, 5.74) is 0.912. The molecule has 138 valence electrons. The molecule has 3 nitrogen and oxygen atoms in total. The van der Waals surface area contributed by atoms with Crippen LogP contribution in [0.3, 0.4) is 0 Å². The van der Waals surface area contributed by atoms with Gasteiger partial charge in [-0.1, -0.05) is 42.5 Å². The normalized spacial score (nSPS) is 17.5. The highest BCUT2D eigenvalue weighted by molar-refractivity contribution is 6.07. The van der Waals surface area contributed by atoms with Gasteiger partial charge in [-0.05, 0) is 85.6 Å². The zero-order chi connectivity index (χ0) is 19.5. The minimum absolute atomic E-state index is 0.0691. The lowest BCUT2D eigenvalue weighted by Crippen LogP contribution is -2.34. The predicted octanol–water partition coefficient (Wildman–Crippen LogP) is 4.25. The standard InChI is InChI=1S/C26H16O3/c27-25-7-3-6-17-11-24-23(14-22(17)25)21-12-19-9-16-5-2-1-4-15(16)8-18(19)10-20(21)13-26(24)29-28/h1-14,22,28H. The maximum Gasteiger partial charge on any atom is 0.173 e. The zero-order valence-electron chi connectivity index (χ0n) is 15.4. The smallest absolute Gasteiger partial charge is 0.173 e. The van der Waals surface area contributed by atoms with E-state index in [9.17, 15) is 10.1 Å². The molecular formula is C26H16O3. The molecular weight excluding hydrogens is 360 g/mol. The molecule has 0 aliphatic heterocycles. The number of carbonyl (C=O) groups is 1. The van der Waals surface area contributed by atoms with Gasteiger partial charge in [0, 0.05) is 5.22 Å². The Labute approximate surface area is 166 Å². The summed E-state index contributed by atoms with van der Waals surface area (Å²) in [5.74, 6) is 0.168. The molecule has 0 heterocycles. The minimum atomic E-state index is -0.294. The van der Waals surface area contributed by atoms with Gasteiger partial charge in [0.05, 0.1) is 5.92 Å². The Morgan fingerprint density at radius 1 is 0.828 bits per heavy atom. The number of hydrogen-bond donors (Lipinski definition) is 1. The molecule has 0 fully saturated rings. The molecule has 4 aromatic carbocycles. The van der Waals surface area contributed by atoms with Crippen molar-refractivity contribution < 1.29 is 14.9 Å². The van der Waals surface area contributed by atoms with E-state index in [4.69, 9.17) is 4.89 Å². The van der Waals surface area contributed by atoms with Crippen LogP contribution < -0.4 is 15.3 Å². The van der Waals surface area contributed by atoms with Crippen LogP contribution >= 0.6 is 0 Å². The number of ketones is 1. The van der Waals surface area contributed by atoms with E-state index >= 15 is 0 Å². The van der Waals surface area contributed by atoms with Crippen molar-refractivity contribution in [1.82, 2.24) is 0 Å². The van der Waals surface area contributed by atoms with E-state index in [1.54, 1.807) is 12.2 Å². The first-order valence-corrected chi connectivity index (χ1v) is 9.58. The minimum Gasteiger partial charge on any atom is -0.340 e. The molecule has 4 aromatic rings. The molecule has 1 atom stereocenters. The maximum absolute atomic E-state index is 12.4. The van der Waals surface area contributed by atoms with E-state index in [1.807, 2.05) is 36.4 Å². The third-order valence-corrected chi connectivity index (χ3v) is 5.96. The van der Waals surface area contributed by atoms with Gasteiger partial charge in [-0.25, -0.2) is 5.26 Å². The molecule has 0 saturated heterocycles. The molecule has 0 aromatic heterocycles. The first-order valence-electron chi connectivity index (χ1n) is 9.58. The molecule has 0 bridgehead atoms. The summed E-state index contributed by atoms with van der Waals surface area (Å²) in [6.07, 6.45) is 9.24. The van der Waals surface area contributed by atoms with E-state index < -0.39 is 0 Å². The SMILES string of the molecule is O=C1C=CC=C2C=c3c(OO)cc4cc5cc6ccccc6cc5cc4c3=CC12. The second kappa shape index (κ2) is 5.90. The lowest BCUT2D eigenvalue weighted by Gasteiger charge is -2.19. The fraction of sp³-hybridized carbons (Fsp3) is 0.0385.